The molecule has 1 aromatic heterocycles. The summed E-state index contributed by atoms with van der Waals surface area (Å²) in [6.45, 7) is 1.77. The van der Waals surface area contributed by atoms with Crippen LogP contribution < -0.4 is 0 Å². The van der Waals surface area contributed by atoms with E-state index in [1.807, 2.05) is 42.5 Å². The maximum atomic E-state index is 11.3. The zero-order valence-corrected chi connectivity index (χ0v) is 10.4. The molecule has 0 spiro atoms. The average molecular weight is 249 g/mol. The highest BCUT2D eigenvalue weighted by Crippen LogP contribution is 2.23. The highest BCUT2D eigenvalue weighted by molar-refractivity contribution is 6.52. The molecule has 3 rings (SSSR count). The van der Waals surface area contributed by atoms with Gasteiger partial charge in [-0.15, -0.1) is 0 Å². The lowest BCUT2D eigenvalue weighted by molar-refractivity contribution is 0.257. The second-order valence-electron chi connectivity index (χ2n) is 4.21. The number of nitrogens with zero attached hydrogens (tertiary/aromatic N) is 3. The fraction of sp³-hybridized carbons (Fsp3) is 0.0667. The van der Waals surface area contributed by atoms with Gasteiger partial charge in [0.05, 0.1) is 11.4 Å². The number of benzene rings is 1. The van der Waals surface area contributed by atoms with Crippen molar-refractivity contribution in [1.82, 2.24) is 4.98 Å². The number of amides is 2. The summed E-state index contributed by atoms with van der Waals surface area (Å²) >= 11 is 0. The van der Waals surface area contributed by atoms with E-state index in [0.717, 1.165) is 11.1 Å². The lowest BCUT2D eigenvalue weighted by Crippen LogP contribution is -2.12. The third-order valence-electron chi connectivity index (χ3n) is 2.93. The maximum Gasteiger partial charge on any atom is 0.368 e. The van der Waals surface area contributed by atoms with E-state index in [2.05, 4.69) is 15.0 Å². The van der Waals surface area contributed by atoms with Gasteiger partial charge < -0.3 is 0 Å². The van der Waals surface area contributed by atoms with Gasteiger partial charge in [0.1, 0.15) is 5.71 Å². The Bertz CT molecular complexity index is 702. The van der Waals surface area contributed by atoms with Crippen molar-refractivity contribution < 1.29 is 4.79 Å². The van der Waals surface area contributed by atoms with Gasteiger partial charge in [0.2, 0.25) is 0 Å². The highest BCUT2D eigenvalue weighted by atomic mass is 16.2. The van der Waals surface area contributed by atoms with Gasteiger partial charge >= 0.3 is 6.03 Å². The Kier molecular flexibility index (Phi) is 2.76. The van der Waals surface area contributed by atoms with Gasteiger partial charge in [0.25, 0.3) is 0 Å². The number of carbonyl (C=O) groups is 1. The molecule has 0 bridgehead atoms. The number of carbonyl (C=O) groups excluding carboxylic acids is 1. The summed E-state index contributed by atoms with van der Waals surface area (Å²) in [6, 6.07) is 13.3. The minimum absolute atomic E-state index is 0.461. The molecule has 1 aliphatic heterocycles. The van der Waals surface area contributed by atoms with Crippen molar-refractivity contribution in [3.05, 3.63) is 54.4 Å². The second kappa shape index (κ2) is 4.57. The molecular weight excluding hydrogens is 238 g/mol. The molecule has 0 aliphatic carbocycles. The molecule has 0 unspecified atom stereocenters. The van der Waals surface area contributed by atoms with Crippen molar-refractivity contribution in [2.75, 3.05) is 0 Å². The van der Waals surface area contributed by atoms with Gasteiger partial charge in [-0.3, -0.25) is 4.98 Å². The van der Waals surface area contributed by atoms with E-state index < -0.39 is 6.03 Å². The van der Waals surface area contributed by atoms with Gasteiger partial charge in [-0.1, -0.05) is 36.4 Å². The molecule has 2 amide bonds. The third kappa shape index (κ3) is 2.08. The van der Waals surface area contributed by atoms with Crippen molar-refractivity contribution in [1.29, 1.82) is 0 Å². The maximum absolute atomic E-state index is 11.3. The zero-order chi connectivity index (χ0) is 13.2. The van der Waals surface area contributed by atoms with Gasteiger partial charge in [-0.05, 0) is 18.6 Å². The molecular formula is C15H11N3O. The Morgan fingerprint density at radius 1 is 0.947 bits per heavy atom. The quantitative estimate of drug-likeness (QED) is 0.821. The molecule has 19 heavy (non-hydrogen) atoms. The van der Waals surface area contributed by atoms with Crippen LogP contribution in [0, 0.1) is 0 Å². The van der Waals surface area contributed by atoms with Gasteiger partial charge in [0.15, 0.2) is 0 Å². The summed E-state index contributed by atoms with van der Waals surface area (Å²) < 4.78 is 0. The summed E-state index contributed by atoms with van der Waals surface area (Å²) in [6.07, 6.45) is 1.69. The molecule has 0 N–H and O–H groups in total. The van der Waals surface area contributed by atoms with Gasteiger partial charge in [-0.2, -0.15) is 9.98 Å². The molecule has 92 valence electrons. The summed E-state index contributed by atoms with van der Waals surface area (Å²) in [5.74, 6) is 0. The predicted octanol–water partition coefficient (Wildman–Crippen LogP) is 3.13. The largest absolute Gasteiger partial charge is 0.368 e. The molecule has 4 nitrogen and oxygen atoms in total. The van der Waals surface area contributed by atoms with Gasteiger partial charge in [0, 0.05) is 11.8 Å². The van der Waals surface area contributed by atoms with Crippen LogP contribution in [-0.2, 0) is 0 Å². The lowest BCUT2D eigenvalue weighted by atomic mass is 10.00. The first-order chi connectivity index (χ1) is 9.25. The first kappa shape index (κ1) is 11.5. The topological polar surface area (TPSA) is 54.7 Å². The van der Waals surface area contributed by atoms with Crippen LogP contribution in [0.5, 0.6) is 0 Å². The van der Waals surface area contributed by atoms with Gasteiger partial charge in [-0.25, -0.2) is 4.79 Å². The van der Waals surface area contributed by atoms with Crippen LogP contribution in [-0.4, -0.2) is 22.4 Å². The average Bonchev–Trinajstić information content (AvgIpc) is 2.79. The molecule has 0 radical (unpaired) electrons. The molecule has 1 aromatic carbocycles. The summed E-state index contributed by atoms with van der Waals surface area (Å²) in [5.41, 5.74) is 3.86. The SMILES string of the molecule is CC1=NC(=O)N=C1c1ncccc1-c1ccccc1. The first-order valence-electron chi connectivity index (χ1n) is 5.95. The number of hydrogen-bond donors (Lipinski definition) is 0. The number of aliphatic imine (C=N–C) groups is 2. The molecule has 0 atom stereocenters. The molecule has 0 fully saturated rings. The molecule has 2 heterocycles. The Balaban J connectivity index is 2.17. The van der Waals surface area contributed by atoms with Crippen molar-refractivity contribution in [3.8, 4) is 11.1 Å². The number of aromatic nitrogens is 1. The van der Waals surface area contributed by atoms with Crippen LogP contribution in [0.2, 0.25) is 0 Å². The Morgan fingerprint density at radius 3 is 2.42 bits per heavy atom. The van der Waals surface area contributed by atoms with E-state index in [-0.39, 0.29) is 0 Å². The fourth-order valence-corrected chi connectivity index (χ4v) is 2.07. The minimum atomic E-state index is -0.461. The van der Waals surface area contributed by atoms with Crippen LogP contribution in [0.3, 0.4) is 0 Å². The molecule has 1 aliphatic rings. The number of pyridine rings is 1. The van der Waals surface area contributed by atoms with E-state index in [9.17, 15) is 4.79 Å². The fourth-order valence-electron chi connectivity index (χ4n) is 2.07. The van der Waals surface area contributed by atoms with E-state index in [1.54, 1.807) is 13.1 Å². The first-order valence-corrected chi connectivity index (χ1v) is 5.95. The normalized spacial score (nSPS) is 14.3. The van der Waals surface area contributed by atoms with Crippen molar-refractivity contribution in [2.45, 2.75) is 6.92 Å². The van der Waals surface area contributed by atoms with E-state index in [1.165, 1.54) is 0 Å². The van der Waals surface area contributed by atoms with Crippen molar-refractivity contribution in [2.24, 2.45) is 9.98 Å². The molecule has 0 saturated carbocycles. The molecule has 4 heteroatoms. The Labute approximate surface area is 110 Å². The molecule has 2 aromatic rings. The van der Waals surface area contributed by atoms with Crippen LogP contribution in [0.1, 0.15) is 12.6 Å². The van der Waals surface area contributed by atoms with Crippen LogP contribution in [0.15, 0.2) is 58.6 Å². The number of hydrogen-bond acceptors (Lipinski definition) is 2. The van der Waals surface area contributed by atoms with E-state index in [4.69, 9.17) is 0 Å². The van der Waals surface area contributed by atoms with Crippen molar-refractivity contribution in [3.63, 3.8) is 0 Å². The summed E-state index contributed by atoms with van der Waals surface area (Å²) in [5, 5.41) is 0. The second-order valence-corrected chi connectivity index (χ2v) is 4.21. The van der Waals surface area contributed by atoms with Crippen molar-refractivity contribution >= 4 is 17.5 Å². The smallest absolute Gasteiger partial charge is 0.254 e. The summed E-state index contributed by atoms with van der Waals surface area (Å²) in [4.78, 5) is 23.4. The monoisotopic (exact) mass is 249 g/mol. The highest BCUT2D eigenvalue weighted by Gasteiger charge is 2.21. The number of rotatable bonds is 2. The van der Waals surface area contributed by atoms with E-state index >= 15 is 0 Å². The Morgan fingerprint density at radius 2 is 1.74 bits per heavy atom. The van der Waals surface area contributed by atoms with Crippen LogP contribution in [0.4, 0.5) is 4.79 Å². The Hall–Kier alpha value is -2.62. The number of urea groups is 1. The van der Waals surface area contributed by atoms with E-state index in [0.29, 0.717) is 17.1 Å². The minimum Gasteiger partial charge on any atom is -0.254 e. The molecule has 0 saturated heterocycles. The van der Waals surface area contributed by atoms with Crippen LogP contribution in [0.25, 0.3) is 11.1 Å². The third-order valence-corrected chi connectivity index (χ3v) is 2.93. The zero-order valence-electron chi connectivity index (χ0n) is 10.4. The van der Waals surface area contributed by atoms with Crippen LogP contribution >= 0.6 is 0 Å². The lowest BCUT2D eigenvalue weighted by Gasteiger charge is -2.08. The predicted molar refractivity (Wildman–Crippen MR) is 74.7 cm³/mol. The summed E-state index contributed by atoms with van der Waals surface area (Å²) in [7, 11) is 0. The standard InChI is InChI=1S/C15H11N3O/c1-10-13(18-15(19)17-10)14-12(8-5-9-16-14)11-6-3-2-4-7-11/h2-9H,1H3.